The molecule has 12 nitrogen and oxygen atoms in total. The Balaban J connectivity index is 0.000000283. The van der Waals surface area contributed by atoms with Crippen LogP contribution in [-0.4, -0.2) is 70.4 Å². The van der Waals surface area contributed by atoms with Gasteiger partial charge in [-0.1, -0.05) is 60.1 Å². The highest BCUT2D eigenvalue weighted by Crippen LogP contribution is 2.67. The normalized spacial score (nSPS) is 31.5. The van der Waals surface area contributed by atoms with Crippen molar-refractivity contribution < 1.29 is 43.8 Å². The summed E-state index contributed by atoms with van der Waals surface area (Å²) in [4.78, 5) is 72.7. The molecule has 4 aliphatic carbocycles. The topological polar surface area (TPSA) is 188 Å². The zero-order chi connectivity index (χ0) is 38.9. The van der Waals surface area contributed by atoms with Gasteiger partial charge in [-0.15, -0.1) is 0 Å². The predicted molar refractivity (Wildman–Crippen MR) is 191 cm³/mol. The van der Waals surface area contributed by atoms with Gasteiger partial charge in [-0.3, -0.25) is 34.0 Å². The quantitative estimate of drug-likeness (QED) is 0.131. The lowest BCUT2D eigenvalue weighted by molar-refractivity contribution is -0.185. The smallest absolute Gasteiger partial charge is 0.303 e. The molecule has 0 aromatic heterocycles. The van der Waals surface area contributed by atoms with Crippen molar-refractivity contribution in [1.29, 1.82) is 0 Å². The van der Waals surface area contributed by atoms with E-state index in [9.17, 15) is 33.9 Å². The number of aliphatic hydroxyl groups is 1. The van der Waals surface area contributed by atoms with Gasteiger partial charge in [0.2, 0.25) is 11.8 Å². The Labute approximate surface area is 302 Å². The summed E-state index contributed by atoms with van der Waals surface area (Å²) >= 11 is 0. The molecule has 286 valence electrons. The van der Waals surface area contributed by atoms with Gasteiger partial charge in [0.15, 0.2) is 17.2 Å². The lowest BCUT2D eigenvalue weighted by Gasteiger charge is -2.58. The maximum absolute atomic E-state index is 12.8. The zero-order valence-corrected chi connectivity index (χ0v) is 32.4. The van der Waals surface area contributed by atoms with Gasteiger partial charge in [0.25, 0.3) is 5.91 Å². The number of nitrogens with one attached hydrogen (secondary N) is 3. The fourth-order valence-corrected chi connectivity index (χ4v) is 9.68. The number of ketones is 2. The number of likely N-dealkylation sites (N-methyl/N-ethyl adjacent to an activating group) is 1. The van der Waals surface area contributed by atoms with Crippen molar-refractivity contribution in [2.24, 2.45) is 45.8 Å². The molecule has 3 amide bonds. The molecule has 0 spiro atoms. The summed E-state index contributed by atoms with van der Waals surface area (Å²) in [6, 6.07) is -0.820. The summed E-state index contributed by atoms with van der Waals surface area (Å²) in [5, 5.41) is 23.7. The molecule has 0 aromatic rings. The van der Waals surface area contributed by atoms with E-state index < -0.39 is 40.9 Å². The molecule has 0 saturated heterocycles. The van der Waals surface area contributed by atoms with Crippen molar-refractivity contribution >= 4 is 35.3 Å². The number of hydrogen-bond donors (Lipinski definition) is 5. The molecule has 5 N–H and O–H groups in total. The Hall–Kier alpha value is -3.38. The Kier molecular flexibility index (Phi) is 12.9. The van der Waals surface area contributed by atoms with Crippen LogP contribution in [0.25, 0.3) is 0 Å². The van der Waals surface area contributed by atoms with Crippen molar-refractivity contribution in [3.8, 4) is 0 Å². The van der Waals surface area contributed by atoms with E-state index in [2.05, 4.69) is 37.5 Å². The first kappa shape index (κ1) is 42.0. The van der Waals surface area contributed by atoms with Crippen LogP contribution in [0.1, 0.15) is 114 Å². The third kappa shape index (κ3) is 8.16. The summed E-state index contributed by atoms with van der Waals surface area (Å²) in [5.74, 6) is -2.05. The maximum atomic E-state index is 12.8. The van der Waals surface area contributed by atoms with Crippen molar-refractivity contribution in [3.05, 3.63) is 23.3 Å². The molecule has 0 bridgehead atoms. The van der Waals surface area contributed by atoms with Crippen LogP contribution in [0.5, 0.6) is 0 Å². The van der Waals surface area contributed by atoms with Crippen LogP contribution in [-0.2, 0) is 33.5 Å². The molecular formula is C39H61N3O9. The molecule has 0 heterocycles. The van der Waals surface area contributed by atoms with Gasteiger partial charge in [-0.2, -0.15) is 0 Å². The molecular weight excluding hydrogens is 654 g/mol. The number of rotatable bonds is 9. The van der Waals surface area contributed by atoms with E-state index in [0.29, 0.717) is 30.6 Å². The lowest BCUT2D eigenvalue weighted by atomic mass is 9.47. The summed E-state index contributed by atoms with van der Waals surface area (Å²) in [6.07, 6.45) is 7.72. The minimum Gasteiger partial charge on any atom is -0.451 e. The van der Waals surface area contributed by atoms with Gasteiger partial charge < -0.3 is 20.5 Å². The zero-order valence-electron chi connectivity index (χ0n) is 32.4. The second-order valence-electron chi connectivity index (χ2n) is 17.1. The number of amides is 3. The third-order valence-corrected chi connectivity index (χ3v) is 12.3. The molecule has 12 heteroatoms. The number of carbonyl (C=O) groups is 6. The van der Waals surface area contributed by atoms with Gasteiger partial charge in [-0.05, 0) is 98.5 Å². The average molecular weight is 716 g/mol. The number of aliphatic hydroxyl groups excluding tert-OH is 1. The molecule has 2 saturated carbocycles. The van der Waals surface area contributed by atoms with Crippen molar-refractivity contribution in [3.63, 3.8) is 0 Å². The van der Waals surface area contributed by atoms with Crippen LogP contribution in [0.2, 0.25) is 0 Å². The maximum Gasteiger partial charge on any atom is 0.303 e. The molecule has 0 radical (unpaired) electrons. The van der Waals surface area contributed by atoms with E-state index in [1.807, 2.05) is 19.9 Å². The van der Waals surface area contributed by atoms with Crippen LogP contribution < -0.4 is 16.1 Å². The largest absolute Gasteiger partial charge is 0.451 e. The first-order valence-corrected chi connectivity index (χ1v) is 18.3. The second kappa shape index (κ2) is 15.7. The van der Waals surface area contributed by atoms with E-state index in [1.165, 1.54) is 30.6 Å². The van der Waals surface area contributed by atoms with Crippen LogP contribution in [0.3, 0.4) is 0 Å². The van der Waals surface area contributed by atoms with Crippen molar-refractivity contribution in [1.82, 2.24) is 16.1 Å². The standard InChI is InChI=1S/C24H32O4.C15H29N3O5/c1-14-12-18-19(22(4)9-6-17(27)13-21(14)22)7-10-23(5)20(18)8-11-24(23,15(2)25)28-16(3)26;1-8(2)7-9(10(19)13(21)18-23)12(20)17-11(14(22)16-6)15(3,4)5/h12-13,18-20H,6-11H2,1-5H3;8-11,19,23H,7H2,1-6H3,(H,16,22)(H,17,20)(H,18,21)/t18-,19+,20+,22-,23+,24+;9-,10+,11-/m11/s1. The second-order valence-corrected chi connectivity index (χ2v) is 17.1. The van der Waals surface area contributed by atoms with E-state index in [-0.39, 0.29) is 46.6 Å². The molecule has 9 atom stereocenters. The predicted octanol–water partition coefficient (Wildman–Crippen LogP) is 4.37. The SMILES string of the molecule is CC(=O)O[C@]1(C(C)=O)CC[C@H]2[C@@H]3C=C(C)C4=CC(=O)CC[C@]4(C)[C@H]3CC[C@@]21C.CNC(=O)[C@@H](NC(=O)[C@H](CC(C)C)[C@H](O)C(=O)NO)C(C)(C)C. The summed E-state index contributed by atoms with van der Waals surface area (Å²) in [5.41, 5.74) is 1.94. The van der Waals surface area contributed by atoms with Crippen LogP contribution in [0.15, 0.2) is 23.3 Å². The number of fused-ring (bicyclic) bond motifs is 5. The van der Waals surface area contributed by atoms with E-state index >= 15 is 0 Å². The Morgan fingerprint density at radius 2 is 1.59 bits per heavy atom. The first-order valence-electron chi connectivity index (χ1n) is 18.3. The minimum absolute atomic E-state index is 0.0160. The number of hydroxylamine groups is 1. The highest BCUT2D eigenvalue weighted by atomic mass is 16.6. The highest BCUT2D eigenvalue weighted by Gasteiger charge is 2.67. The van der Waals surface area contributed by atoms with Crippen molar-refractivity contribution in [2.75, 3.05) is 7.05 Å². The number of ether oxygens (including phenoxy) is 1. The number of esters is 1. The van der Waals surface area contributed by atoms with Gasteiger partial charge in [0.05, 0.1) is 5.92 Å². The average Bonchev–Trinajstić information content (AvgIpc) is 3.34. The number of carbonyl (C=O) groups excluding carboxylic acids is 6. The van der Waals surface area contributed by atoms with Gasteiger partial charge in [-0.25, -0.2) is 5.48 Å². The number of Topliss-reactive ketones (excluding diaryl/α,β-unsaturated/α-hetero) is 1. The van der Waals surface area contributed by atoms with E-state index in [4.69, 9.17) is 9.94 Å². The molecule has 0 aromatic carbocycles. The fraction of sp³-hybridized carbons (Fsp3) is 0.744. The number of allylic oxidation sites excluding steroid dienone is 4. The van der Waals surface area contributed by atoms with E-state index in [0.717, 1.165) is 25.7 Å². The minimum atomic E-state index is -1.70. The Morgan fingerprint density at radius 1 is 0.980 bits per heavy atom. The third-order valence-electron chi connectivity index (χ3n) is 12.3. The van der Waals surface area contributed by atoms with Crippen molar-refractivity contribution in [2.45, 2.75) is 132 Å². The van der Waals surface area contributed by atoms with Crippen LogP contribution in [0, 0.1) is 45.8 Å². The summed E-state index contributed by atoms with van der Waals surface area (Å²) in [6.45, 7) is 18.7. The van der Waals surface area contributed by atoms with Crippen LogP contribution in [0.4, 0.5) is 0 Å². The Bertz CT molecular complexity index is 1460. The molecule has 0 unspecified atom stereocenters. The monoisotopic (exact) mass is 715 g/mol. The summed E-state index contributed by atoms with van der Waals surface area (Å²) in [7, 11) is 1.47. The molecule has 2 fully saturated rings. The van der Waals surface area contributed by atoms with Gasteiger partial charge >= 0.3 is 5.97 Å². The lowest BCUT2D eigenvalue weighted by Crippen LogP contribution is -2.58. The van der Waals surface area contributed by atoms with Gasteiger partial charge in [0, 0.05) is 25.8 Å². The van der Waals surface area contributed by atoms with E-state index in [1.54, 1.807) is 27.7 Å². The molecule has 4 aliphatic rings. The Morgan fingerprint density at radius 3 is 2.10 bits per heavy atom. The van der Waals surface area contributed by atoms with Gasteiger partial charge in [0.1, 0.15) is 12.1 Å². The number of hydrogen-bond acceptors (Lipinski definition) is 9. The molecule has 4 rings (SSSR count). The fourth-order valence-electron chi connectivity index (χ4n) is 9.68. The molecule has 51 heavy (non-hydrogen) atoms. The molecule has 0 aliphatic heterocycles. The first-order chi connectivity index (χ1) is 23.5. The van der Waals surface area contributed by atoms with Crippen LogP contribution >= 0.6 is 0 Å². The summed E-state index contributed by atoms with van der Waals surface area (Å²) < 4.78 is 5.82. The highest BCUT2D eigenvalue weighted by molar-refractivity contribution is 5.93.